The number of aliphatic hydroxyl groups excluding tert-OH is 1. The van der Waals surface area contributed by atoms with Gasteiger partial charge < -0.3 is 15.2 Å². The van der Waals surface area contributed by atoms with Crippen LogP contribution in [0.3, 0.4) is 0 Å². The fourth-order valence-electron chi connectivity index (χ4n) is 1.82. The molecule has 102 valence electrons. The molecule has 1 unspecified atom stereocenters. The first-order chi connectivity index (χ1) is 9.28. The van der Waals surface area contributed by atoms with Crippen LogP contribution in [-0.2, 0) is 13.1 Å². The van der Waals surface area contributed by atoms with Crippen molar-refractivity contribution >= 4 is 0 Å². The average molecular weight is 261 g/mol. The van der Waals surface area contributed by atoms with Crippen molar-refractivity contribution in [1.82, 2.24) is 15.1 Å². The van der Waals surface area contributed by atoms with Crippen molar-refractivity contribution in [2.75, 3.05) is 13.7 Å². The summed E-state index contributed by atoms with van der Waals surface area (Å²) in [6.07, 6.45) is 3.10. The van der Waals surface area contributed by atoms with Crippen molar-refractivity contribution < 1.29 is 9.84 Å². The van der Waals surface area contributed by atoms with Gasteiger partial charge in [0.05, 0.1) is 19.8 Å². The van der Waals surface area contributed by atoms with Crippen molar-refractivity contribution in [2.45, 2.75) is 19.2 Å². The first-order valence-electron chi connectivity index (χ1n) is 6.27. The van der Waals surface area contributed by atoms with E-state index in [0.717, 1.165) is 17.9 Å². The summed E-state index contributed by atoms with van der Waals surface area (Å²) in [4.78, 5) is 0. The number of hydrogen-bond acceptors (Lipinski definition) is 4. The van der Waals surface area contributed by atoms with Crippen LogP contribution in [0.25, 0.3) is 0 Å². The number of rotatable bonds is 7. The summed E-state index contributed by atoms with van der Waals surface area (Å²) in [7, 11) is 1.65. The predicted octanol–water partition coefficient (Wildman–Crippen LogP) is 1.04. The van der Waals surface area contributed by atoms with Crippen LogP contribution >= 0.6 is 0 Å². The van der Waals surface area contributed by atoms with Crippen molar-refractivity contribution in [3.05, 3.63) is 48.3 Å². The lowest BCUT2D eigenvalue weighted by Gasteiger charge is -2.12. The van der Waals surface area contributed by atoms with E-state index in [9.17, 15) is 5.11 Å². The fraction of sp³-hybridized carbons (Fsp3) is 0.357. The molecule has 0 spiro atoms. The lowest BCUT2D eigenvalue weighted by molar-refractivity contribution is 0.146. The van der Waals surface area contributed by atoms with Crippen molar-refractivity contribution in [3.63, 3.8) is 0 Å². The molecule has 0 saturated heterocycles. The Morgan fingerprint density at radius 3 is 2.79 bits per heavy atom. The third-order valence-electron chi connectivity index (χ3n) is 2.83. The Morgan fingerprint density at radius 2 is 2.16 bits per heavy atom. The topological polar surface area (TPSA) is 59.3 Å². The molecule has 2 aromatic rings. The third-order valence-corrected chi connectivity index (χ3v) is 2.83. The van der Waals surface area contributed by atoms with Gasteiger partial charge in [-0.15, -0.1) is 0 Å². The molecule has 0 amide bonds. The van der Waals surface area contributed by atoms with Crippen molar-refractivity contribution in [2.24, 2.45) is 0 Å². The molecular formula is C14H19N3O2. The molecule has 0 fully saturated rings. The van der Waals surface area contributed by atoms with E-state index in [1.54, 1.807) is 18.0 Å². The lowest BCUT2D eigenvalue weighted by Crippen LogP contribution is -2.30. The van der Waals surface area contributed by atoms with Crippen LogP contribution in [0, 0.1) is 0 Å². The van der Waals surface area contributed by atoms with Gasteiger partial charge in [0.25, 0.3) is 0 Å². The minimum Gasteiger partial charge on any atom is -0.497 e. The zero-order valence-corrected chi connectivity index (χ0v) is 11.0. The summed E-state index contributed by atoms with van der Waals surface area (Å²) >= 11 is 0. The molecule has 5 heteroatoms. The summed E-state index contributed by atoms with van der Waals surface area (Å²) < 4.78 is 6.82. The predicted molar refractivity (Wildman–Crippen MR) is 72.9 cm³/mol. The molecule has 2 rings (SSSR count). The van der Waals surface area contributed by atoms with E-state index in [-0.39, 0.29) is 0 Å². The summed E-state index contributed by atoms with van der Waals surface area (Å²) in [5.74, 6) is 0.850. The highest BCUT2D eigenvalue weighted by atomic mass is 16.5. The molecule has 0 aliphatic heterocycles. The minimum absolute atomic E-state index is 0.446. The van der Waals surface area contributed by atoms with Gasteiger partial charge in [0.2, 0.25) is 0 Å². The van der Waals surface area contributed by atoms with Crippen LogP contribution in [0.15, 0.2) is 42.7 Å². The van der Waals surface area contributed by atoms with E-state index in [0.29, 0.717) is 13.1 Å². The third kappa shape index (κ3) is 4.39. The normalized spacial score (nSPS) is 12.3. The van der Waals surface area contributed by atoms with E-state index >= 15 is 0 Å². The number of ether oxygens (including phenoxy) is 1. The molecular weight excluding hydrogens is 242 g/mol. The Bertz CT molecular complexity index is 468. The van der Waals surface area contributed by atoms with Crippen molar-refractivity contribution in [3.8, 4) is 5.75 Å². The van der Waals surface area contributed by atoms with Crippen LogP contribution in [0.1, 0.15) is 5.56 Å². The quantitative estimate of drug-likeness (QED) is 0.782. The van der Waals surface area contributed by atoms with Crippen LogP contribution in [-0.4, -0.2) is 34.6 Å². The summed E-state index contributed by atoms with van der Waals surface area (Å²) in [6.45, 7) is 1.76. The van der Waals surface area contributed by atoms with Gasteiger partial charge in [0.15, 0.2) is 0 Å². The van der Waals surface area contributed by atoms with E-state index < -0.39 is 6.10 Å². The molecule has 2 N–H and O–H groups in total. The molecule has 1 aromatic carbocycles. The van der Waals surface area contributed by atoms with E-state index in [4.69, 9.17) is 4.74 Å². The van der Waals surface area contributed by atoms with Crippen LogP contribution < -0.4 is 10.1 Å². The number of aromatic nitrogens is 2. The Balaban J connectivity index is 1.70. The monoisotopic (exact) mass is 261 g/mol. The number of hydrogen-bond donors (Lipinski definition) is 2. The highest BCUT2D eigenvalue weighted by molar-refractivity contribution is 5.26. The maximum atomic E-state index is 9.84. The van der Waals surface area contributed by atoms with Gasteiger partial charge in [-0.2, -0.15) is 5.10 Å². The van der Waals surface area contributed by atoms with Gasteiger partial charge in [0.1, 0.15) is 5.75 Å². The zero-order valence-electron chi connectivity index (χ0n) is 11.0. The number of nitrogens with one attached hydrogen (secondary N) is 1. The van der Waals surface area contributed by atoms with Gasteiger partial charge in [-0.05, 0) is 23.8 Å². The molecule has 5 nitrogen and oxygen atoms in total. The highest BCUT2D eigenvalue weighted by Crippen LogP contribution is 2.10. The first-order valence-corrected chi connectivity index (χ1v) is 6.27. The summed E-state index contributed by atoms with van der Waals surface area (Å²) in [6, 6.07) is 9.71. The van der Waals surface area contributed by atoms with E-state index in [1.807, 2.05) is 36.5 Å². The zero-order chi connectivity index (χ0) is 13.5. The molecule has 0 aliphatic rings. The number of methoxy groups -OCH3 is 1. The molecule has 1 atom stereocenters. The van der Waals surface area contributed by atoms with Gasteiger partial charge in [-0.25, -0.2) is 0 Å². The molecule has 0 radical (unpaired) electrons. The Labute approximate surface area is 112 Å². The maximum absolute atomic E-state index is 9.84. The van der Waals surface area contributed by atoms with Gasteiger partial charge >= 0.3 is 0 Å². The molecule has 1 aromatic heterocycles. The Hall–Kier alpha value is -1.85. The van der Waals surface area contributed by atoms with E-state index in [2.05, 4.69) is 10.4 Å². The minimum atomic E-state index is -0.446. The Morgan fingerprint density at radius 1 is 1.37 bits per heavy atom. The van der Waals surface area contributed by atoms with E-state index in [1.165, 1.54) is 0 Å². The Kier molecular flexibility index (Phi) is 4.94. The van der Waals surface area contributed by atoms with Gasteiger partial charge in [0, 0.05) is 25.5 Å². The average Bonchev–Trinajstić information content (AvgIpc) is 2.92. The fourth-order valence-corrected chi connectivity index (χ4v) is 1.82. The van der Waals surface area contributed by atoms with Gasteiger partial charge in [-0.3, -0.25) is 4.68 Å². The molecule has 0 saturated carbocycles. The van der Waals surface area contributed by atoms with Crippen molar-refractivity contribution in [1.29, 1.82) is 0 Å². The second kappa shape index (κ2) is 6.92. The molecule has 0 bridgehead atoms. The standard InChI is InChI=1S/C14H19N3O2/c1-19-14-5-3-12(4-6-14)9-15-10-13(18)11-17-8-2-7-16-17/h2-8,13,15,18H,9-11H2,1H3. The smallest absolute Gasteiger partial charge is 0.118 e. The van der Waals surface area contributed by atoms with Crippen LogP contribution in [0.4, 0.5) is 0 Å². The highest BCUT2D eigenvalue weighted by Gasteiger charge is 2.04. The lowest BCUT2D eigenvalue weighted by atomic mass is 10.2. The van der Waals surface area contributed by atoms with Gasteiger partial charge in [-0.1, -0.05) is 12.1 Å². The number of aliphatic hydroxyl groups is 1. The second-order valence-electron chi connectivity index (χ2n) is 4.36. The summed E-state index contributed by atoms with van der Waals surface area (Å²) in [5.41, 5.74) is 1.16. The first kappa shape index (κ1) is 13.6. The largest absolute Gasteiger partial charge is 0.497 e. The summed E-state index contributed by atoms with van der Waals surface area (Å²) in [5, 5.41) is 17.1. The number of nitrogens with zero attached hydrogens (tertiary/aromatic N) is 2. The number of benzene rings is 1. The van der Waals surface area contributed by atoms with Crippen LogP contribution in [0.2, 0.25) is 0 Å². The second-order valence-corrected chi connectivity index (χ2v) is 4.36. The maximum Gasteiger partial charge on any atom is 0.118 e. The molecule has 0 aliphatic carbocycles. The van der Waals surface area contributed by atoms with Crippen LogP contribution in [0.5, 0.6) is 5.75 Å². The molecule has 1 heterocycles. The molecule has 19 heavy (non-hydrogen) atoms. The SMILES string of the molecule is COc1ccc(CNCC(O)Cn2cccn2)cc1.